The van der Waals surface area contributed by atoms with E-state index in [-0.39, 0.29) is 6.04 Å². The highest BCUT2D eigenvalue weighted by Gasteiger charge is 2.06. The molecular weight excluding hydrogens is 320 g/mol. The monoisotopic (exact) mass is 334 g/mol. The predicted octanol–water partition coefficient (Wildman–Crippen LogP) is 4.50. The van der Waals surface area contributed by atoms with Crippen LogP contribution in [0, 0.1) is 0 Å². The first-order valence-electron chi connectivity index (χ1n) is 6.03. The van der Waals surface area contributed by atoms with Crippen LogP contribution in [0.25, 0.3) is 0 Å². The van der Waals surface area contributed by atoms with Crippen molar-refractivity contribution in [3.8, 4) is 0 Å². The zero-order chi connectivity index (χ0) is 13.7. The number of nitrogens with one attached hydrogen (secondary N) is 2. The van der Waals surface area contributed by atoms with Gasteiger partial charge >= 0.3 is 0 Å². The van der Waals surface area contributed by atoms with E-state index in [1.165, 1.54) is 5.56 Å². The number of anilines is 1. The molecule has 0 aliphatic heterocycles. The Balaban J connectivity index is 1.93. The average Bonchev–Trinajstić information content (AvgIpc) is 2.42. The standard InChI is InChI=1S/C15H15BrN2S/c1-11(12-5-3-2-4-6-12)17-15(19)18-14-9-7-13(16)8-10-14/h2-11H,1H3,(H2,17,18,19)/t11-/m0/s1. The first-order chi connectivity index (χ1) is 9.15. The molecule has 0 spiro atoms. The van der Waals surface area contributed by atoms with Gasteiger partial charge < -0.3 is 10.6 Å². The molecule has 0 amide bonds. The molecule has 0 aliphatic carbocycles. The van der Waals surface area contributed by atoms with Crippen LogP contribution in [-0.2, 0) is 0 Å². The maximum Gasteiger partial charge on any atom is 0.171 e. The summed E-state index contributed by atoms with van der Waals surface area (Å²) in [6, 6.07) is 18.3. The SMILES string of the molecule is C[C@H](NC(=S)Nc1ccc(Br)cc1)c1ccccc1. The summed E-state index contributed by atoms with van der Waals surface area (Å²) in [6.45, 7) is 2.09. The lowest BCUT2D eigenvalue weighted by Gasteiger charge is -2.17. The van der Waals surface area contributed by atoms with Crippen molar-refractivity contribution in [3.05, 3.63) is 64.6 Å². The minimum absolute atomic E-state index is 0.177. The van der Waals surface area contributed by atoms with E-state index in [1.54, 1.807) is 0 Å². The van der Waals surface area contributed by atoms with Crippen LogP contribution in [0.2, 0.25) is 0 Å². The molecule has 2 rings (SSSR count). The molecule has 0 saturated carbocycles. The predicted molar refractivity (Wildman–Crippen MR) is 88.4 cm³/mol. The summed E-state index contributed by atoms with van der Waals surface area (Å²) in [6.07, 6.45) is 0. The summed E-state index contributed by atoms with van der Waals surface area (Å²) in [7, 11) is 0. The molecule has 4 heteroatoms. The molecular formula is C15H15BrN2S. The molecule has 98 valence electrons. The van der Waals surface area contributed by atoms with Crippen molar-refractivity contribution >= 4 is 38.9 Å². The van der Waals surface area contributed by atoms with Gasteiger partial charge in [-0.25, -0.2) is 0 Å². The Labute approximate surface area is 127 Å². The van der Waals surface area contributed by atoms with Crippen LogP contribution < -0.4 is 10.6 Å². The third-order valence-electron chi connectivity index (χ3n) is 2.75. The van der Waals surface area contributed by atoms with E-state index in [0.29, 0.717) is 5.11 Å². The van der Waals surface area contributed by atoms with Gasteiger partial charge in [0.15, 0.2) is 5.11 Å². The number of hydrogen-bond acceptors (Lipinski definition) is 1. The van der Waals surface area contributed by atoms with Gasteiger partial charge in [0.2, 0.25) is 0 Å². The second-order valence-electron chi connectivity index (χ2n) is 4.24. The van der Waals surface area contributed by atoms with Gasteiger partial charge in [0.1, 0.15) is 0 Å². The normalized spacial score (nSPS) is 11.7. The lowest BCUT2D eigenvalue weighted by Crippen LogP contribution is -2.30. The molecule has 2 N–H and O–H groups in total. The van der Waals surface area contributed by atoms with Gasteiger partial charge in [0, 0.05) is 10.2 Å². The Hall–Kier alpha value is -1.39. The first-order valence-corrected chi connectivity index (χ1v) is 7.23. The molecule has 0 heterocycles. The largest absolute Gasteiger partial charge is 0.356 e. The number of hydrogen-bond donors (Lipinski definition) is 2. The fourth-order valence-electron chi connectivity index (χ4n) is 1.72. The van der Waals surface area contributed by atoms with Crippen LogP contribution in [0.3, 0.4) is 0 Å². The van der Waals surface area contributed by atoms with Crippen molar-refractivity contribution in [3.63, 3.8) is 0 Å². The fraction of sp³-hybridized carbons (Fsp3) is 0.133. The van der Waals surface area contributed by atoms with Crippen LogP contribution in [0.15, 0.2) is 59.1 Å². The minimum atomic E-state index is 0.177. The lowest BCUT2D eigenvalue weighted by atomic mass is 10.1. The van der Waals surface area contributed by atoms with E-state index >= 15 is 0 Å². The summed E-state index contributed by atoms with van der Waals surface area (Å²) in [5, 5.41) is 7.06. The molecule has 2 aromatic rings. The number of rotatable bonds is 3. The Morgan fingerprint density at radius 2 is 1.68 bits per heavy atom. The van der Waals surface area contributed by atoms with Crippen LogP contribution in [0.4, 0.5) is 5.69 Å². The number of halogens is 1. The highest BCUT2D eigenvalue weighted by atomic mass is 79.9. The van der Waals surface area contributed by atoms with Crippen LogP contribution >= 0.6 is 28.1 Å². The molecule has 2 nitrogen and oxygen atoms in total. The van der Waals surface area contributed by atoms with Crippen LogP contribution in [-0.4, -0.2) is 5.11 Å². The van der Waals surface area contributed by atoms with Gasteiger partial charge in [-0.3, -0.25) is 0 Å². The van der Waals surface area contributed by atoms with Crippen LogP contribution in [0.1, 0.15) is 18.5 Å². The van der Waals surface area contributed by atoms with E-state index in [0.717, 1.165) is 10.2 Å². The van der Waals surface area contributed by atoms with Gasteiger partial charge in [0.25, 0.3) is 0 Å². The van der Waals surface area contributed by atoms with Crippen molar-refractivity contribution in [1.82, 2.24) is 5.32 Å². The molecule has 0 aromatic heterocycles. The smallest absolute Gasteiger partial charge is 0.171 e. The van der Waals surface area contributed by atoms with Crippen molar-refractivity contribution in [2.45, 2.75) is 13.0 Å². The minimum Gasteiger partial charge on any atom is -0.356 e. The van der Waals surface area contributed by atoms with Crippen LogP contribution in [0.5, 0.6) is 0 Å². The van der Waals surface area contributed by atoms with Crippen molar-refractivity contribution in [1.29, 1.82) is 0 Å². The Morgan fingerprint density at radius 1 is 1.05 bits per heavy atom. The topological polar surface area (TPSA) is 24.1 Å². The number of thiocarbonyl (C=S) groups is 1. The highest BCUT2D eigenvalue weighted by Crippen LogP contribution is 2.15. The van der Waals surface area contributed by atoms with Crippen molar-refractivity contribution < 1.29 is 0 Å². The van der Waals surface area contributed by atoms with E-state index in [9.17, 15) is 0 Å². The first kappa shape index (κ1) is 14.0. The summed E-state index contributed by atoms with van der Waals surface area (Å²) < 4.78 is 1.05. The second kappa shape index (κ2) is 6.68. The molecule has 0 fully saturated rings. The molecule has 0 radical (unpaired) electrons. The maximum atomic E-state index is 5.31. The van der Waals surface area contributed by atoms with Gasteiger partial charge in [-0.15, -0.1) is 0 Å². The molecule has 2 aromatic carbocycles. The lowest BCUT2D eigenvalue weighted by molar-refractivity contribution is 0.722. The van der Waals surface area contributed by atoms with Gasteiger partial charge in [-0.1, -0.05) is 46.3 Å². The van der Waals surface area contributed by atoms with Gasteiger partial charge in [-0.2, -0.15) is 0 Å². The summed E-state index contributed by atoms with van der Waals surface area (Å²) >= 11 is 8.72. The number of benzene rings is 2. The zero-order valence-electron chi connectivity index (χ0n) is 10.6. The Morgan fingerprint density at radius 3 is 2.32 bits per heavy atom. The Bertz CT molecular complexity index is 540. The summed E-state index contributed by atoms with van der Waals surface area (Å²) in [4.78, 5) is 0. The van der Waals surface area contributed by atoms with E-state index in [1.807, 2.05) is 42.5 Å². The Kier molecular flexibility index (Phi) is 4.93. The van der Waals surface area contributed by atoms with E-state index in [2.05, 4.69) is 45.6 Å². The van der Waals surface area contributed by atoms with Crippen molar-refractivity contribution in [2.24, 2.45) is 0 Å². The molecule has 0 unspecified atom stereocenters. The summed E-state index contributed by atoms with van der Waals surface area (Å²) in [5.41, 5.74) is 2.18. The highest BCUT2D eigenvalue weighted by molar-refractivity contribution is 9.10. The molecule has 1 atom stereocenters. The van der Waals surface area contributed by atoms with E-state index < -0.39 is 0 Å². The molecule has 0 saturated heterocycles. The van der Waals surface area contributed by atoms with Gasteiger partial charge in [-0.05, 0) is 49.0 Å². The summed E-state index contributed by atoms with van der Waals surface area (Å²) in [5.74, 6) is 0. The van der Waals surface area contributed by atoms with Gasteiger partial charge in [0.05, 0.1) is 6.04 Å². The molecule has 0 aliphatic rings. The maximum absolute atomic E-state index is 5.31. The molecule has 19 heavy (non-hydrogen) atoms. The average molecular weight is 335 g/mol. The third kappa shape index (κ3) is 4.33. The zero-order valence-corrected chi connectivity index (χ0v) is 13.0. The molecule has 0 bridgehead atoms. The van der Waals surface area contributed by atoms with E-state index in [4.69, 9.17) is 12.2 Å². The van der Waals surface area contributed by atoms with Crippen molar-refractivity contribution in [2.75, 3.05) is 5.32 Å². The third-order valence-corrected chi connectivity index (χ3v) is 3.50. The fourth-order valence-corrected chi connectivity index (χ4v) is 2.28. The quantitative estimate of drug-likeness (QED) is 0.808. The second-order valence-corrected chi connectivity index (χ2v) is 5.56.